The van der Waals surface area contributed by atoms with Crippen molar-refractivity contribution in [3.63, 3.8) is 0 Å². The SMILES string of the molecule is CC1OCCC1(C)NCCc1csc(N)n1. The molecule has 1 fully saturated rings. The molecule has 2 rings (SSSR count). The second kappa shape index (κ2) is 4.69. The van der Waals surface area contributed by atoms with E-state index >= 15 is 0 Å². The van der Waals surface area contributed by atoms with Crippen LogP contribution in [0.4, 0.5) is 5.13 Å². The van der Waals surface area contributed by atoms with E-state index in [2.05, 4.69) is 24.1 Å². The first-order valence-electron chi connectivity index (χ1n) is 5.67. The number of hydrogen-bond acceptors (Lipinski definition) is 5. The molecular formula is C11H19N3OS. The van der Waals surface area contributed by atoms with E-state index in [1.807, 2.05) is 5.38 Å². The van der Waals surface area contributed by atoms with Crippen molar-refractivity contribution in [2.75, 3.05) is 18.9 Å². The number of aromatic nitrogens is 1. The second-order valence-electron chi connectivity index (χ2n) is 4.53. The maximum Gasteiger partial charge on any atom is 0.180 e. The molecule has 5 heteroatoms. The van der Waals surface area contributed by atoms with Gasteiger partial charge in [0.05, 0.1) is 11.8 Å². The van der Waals surface area contributed by atoms with Crippen molar-refractivity contribution < 1.29 is 4.74 Å². The monoisotopic (exact) mass is 241 g/mol. The molecule has 90 valence electrons. The zero-order valence-corrected chi connectivity index (χ0v) is 10.6. The largest absolute Gasteiger partial charge is 0.377 e. The number of hydrogen-bond donors (Lipinski definition) is 2. The lowest BCUT2D eigenvalue weighted by Gasteiger charge is -2.28. The minimum atomic E-state index is 0.113. The highest BCUT2D eigenvalue weighted by Crippen LogP contribution is 2.24. The fourth-order valence-electron chi connectivity index (χ4n) is 1.98. The average molecular weight is 241 g/mol. The van der Waals surface area contributed by atoms with Gasteiger partial charge >= 0.3 is 0 Å². The van der Waals surface area contributed by atoms with Crippen LogP contribution in [0.3, 0.4) is 0 Å². The van der Waals surface area contributed by atoms with Crippen LogP contribution in [-0.4, -0.2) is 29.8 Å². The summed E-state index contributed by atoms with van der Waals surface area (Å²) in [7, 11) is 0. The van der Waals surface area contributed by atoms with Crippen molar-refractivity contribution in [2.45, 2.75) is 38.3 Å². The Bertz CT molecular complexity index is 355. The van der Waals surface area contributed by atoms with Gasteiger partial charge in [-0.05, 0) is 20.3 Å². The van der Waals surface area contributed by atoms with Gasteiger partial charge < -0.3 is 15.8 Å². The van der Waals surface area contributed by atoms with Crippen LogP contribution in [-0.2, 0) is 11.2 Å². The molecule has 1 aliphatic rings. The van der Waals surface area contributed by atoms with E-state index < -0.39 is 0 Å². The van der Waals surface area contributed by atoms with E-state index in [-0.39, 0.29) is 11.6 Å². The summed E-state index contributed by atoms with van der Waals surface area (Å²) in [6, 6.07) is 0. The van der Waals surface area contributed by atoms with Gasteiger partial charge in [0.2, 0.25) is 0 Å². The van der Waals surface area contributed by atoms with Gasteiger partial charge in [0.1, 0.15) is 0 Å². The zero-order valence-electron chi connectivity index (χ0n) is 9.82. The van der Waals surface area contributed by atoms with Crippen LogP contribution < -0.4 is 11.1 Å². The molecule has 4 nitrogen and oxygen atoms in total. The lowest BCUT2D eigenvalue weighted by molar-refractivity contribution is 0.0889. The molecule has 2 atom stereocenters. The van der Waals surface area contributed by atoms with Crippen LogP contribution in [0.15, 0.2) is 5.38 Å². The Hall–Kier alpha value is -0.650. The number of nitrogens with two attached hydrogens (primary N) is 1. The zero-order chi connectivity index (χ0) is 11.6. The van der Waals surface area contributed by atoms with E-state index in [1.165, 1.54) is 11.3 Å². The van der Waals surface area contributed by atoms with Crippen LogP contribution in [0, 0.1) is 0 Å². The highest BCUT2D eigenvalue weighted by molar-refractivity contribution is 7.13. The van der Waals surface area contributed by atoms with Crippen LogP contribution in [0.5, 0.6) is 0 Å². The molecule has 3 N–H and O–H groups in total. The number of anilines is 1. The minimum absolute atomic E-state index is 0.113. The third-order valence-electron chi connectivity index (χ3n) is 3.37. The molecule has 1 aromatic rings. The molecule has 1 aliphatic heterocycles. The van der Waals surface area contributed by atoms with Crippen molar-refractivity contribution in [3.8, 4) is 0 Å². The maximum atomic E-state index is 5.59. The molecule has 1 saturated heterocycles. The fourth-order valence-corrected chi connectivity index (χ4v) is 2.58. The standard InChI is InChI=1S/C11H19N3OS/c1-8-11(2,4-6-15-8)13-5-3-9-7-16-10(12)14-9/h7-8,13H,3-6H2,1-2H3,(H2,12,14). The van der Waals surface area contributed by atoms with Gasteiger partial charge in [-0.2, -0.15) is 0 Å². The fraction of sp³-hybridized carbons (Fsp3) is 0.727. The minimum Gasteiger partial charge on any atom is -0.377 e. The smallest absolute Gasteiger partial charge is 0.180 e. The highest BCUT2D eigenvalue weighted by Gasteiger charge is 2.36. The Morgan fingerprint density at radius 1 is 1.75 bits per heavy atom. The Morgan fingerprint density at radius 3 is 3.12 bits per heavy atom. The lowest BCUT2D eigenvalue weighted by Crippen LogP contribution is -2.48. The first kappa shape index (κ1) is 11.8. The predicted molar refractivity (Wildman–Crippen MR) is 66.7 cm³/mol. The summed E-state index contributed by atoms with van der Waals surface area (Å²) >= 11 is 1.50. The summed E-state index contributed by atoms with van der Waals surface area (Å²) in [6.07, 6.45) is 2.29. The van der Waals surface area contributed by atoms with Gasteiger partial charge in [0, 0.05) is 30.5 Å². The van der Waals surface area contributed by atoms with Gasteiger partial charge in [-0.1, -0.05) is 0 Å². The van der Waals surface area contributed by atoms with Gasteiger partial charge in [-0.15, -0.1) is 11.3 Å². The van der Waals surface area contributed by atoms with Gasteiger partial charge in [-0.3, -0.25) is 0 Å². The third kappa shape index (κ3) is 2.53. The van der Waals surface area contributed by atoms with Gasteiger partial charge in [-0.25, -0.2) is 4.98 Å². The Balaban J connectivity index is 1.79. The molecule has 16 heavy (non-hydrogen) atoms. The third-order valence-corrected chi connectivity index (χ3v) is 4.09. The predicted octanol–water partition coefficient (Wildman–Crippen LogP) is 1.42. The van der Waals surface area contributed by atoms with Crippen LogP contribution in [0.25, 0.3) is 0 Å². The molecule has 0 saturated carbocycles. The van der Waals surface area contributed by atoms with Gasteiger partial charge in [0.15, 0.2) is 5.13 Å². The summed E-state index contributed by atoms with van der Waals surface area (Å²) < 4.78 is 5.58. The van der Waals surface area contributed by atoms with Crippen molar-refractivity contribution in [2.24, 2.45) is 0 Å². The number of nitrogens with one attached hydrogen (secondary N) is 1. The molecule has 0 bridgehead atoms. The molecule has 1 aromatic heterocycles. The Morgan fingerprint density at radius 2 is 2.56 bits per heavy atom. The van der Waals surface area contributed by atoms with E-state index in [0.29, 0.717) is 5.13 Å². The molecule has 0 aromatic carbocycles. The maximum absolute atomic E-state index is 5.59. The summed E-state index contributed by atoms with van der Waals surface area (Å²) in [5.41, 5.74) is 6.77. The normalized spacial score (nSPS) is 29.8. The summed E-state index contributed by atoms with van der Waals surface area (Å²) in [5, 5.41) is 6.24. The summed E-state index contributed by atoms with van der Waals surface area (Å²) in [6.45, 7) is 6.13. The van der Waals surface area contributed by atoms with Gasteiger partial charge in [0.25, 0.3) is 0 Å². The Labute approximate surface area is 100 Å². The van der Waals surface area contributed by atoms with E-state index in [1.54, 1.807) is 0 Å². The summed E-state index contributed by atoms with van der Waals surface area (Å²) in [5.74, 6) is 0. The number of thiazole rings is 1. The molecular weight excluding hydrogens is 222 g/mol. The molecule has 0 aliphatic carbocycles. The first-order valence-corrected chi connectivity index (χ1v) is 6.55. The van der Waals surface area contributed by atoms with Crippen molar-refractivity contribution in [1.29, 1.82) is 0 Å². The van der Waals surface area contributed by atoms with E-state index in [9.17, 15) is 0 Å². The van der Waals surface area contributed by atoms with Crippen molar-refractivity contribution in [1.82, 2.24) is 10.3 Å². The van der Waals surface area contributed by atoms with E-state index in [0.717, 1.165) is 31.7 Å². The Kier molecular flexibility index (Phi) is 3.47. The second-order valence-corrected chi connectivity index (χ2v) is 5.42. The number of ether oxygens (including phenoxy) is 1. The topological polar surface area (TPSA) is 60.2 Å². The molecule has 0 radical (unpaired) electrons. The molecule has 2 heterocycles. The highest BCUT2D eigenvalue weighted by atomic mass is 32.1. The number of nitrogen functional groups attached to an aromatic ring is 1. The van der Waals surface area contributed by atoms with Crippen LogP contribution in [0.1, 0.15) is 26.0 Å². The van der Waals surface area contributed by atoms with Crippen LogP contribution in [0.2, 0.25) is 0 Å². The number of nitrogens with zero attached hydrogens (tertiary/aromatic N) is 1. The number of rotatable bonds is 4. The lowest BCUT2D eigenvalue weighted by atomic mass is 9.94. The first-order chi connectivity index (χ1) is 7.60. The quantitative estimate of drug-likeness (QED) is 0.837. The molecule has 2 unspecified atom stereocenters. The van der Waals surface area contributed by atoms with Crippen molar-refractivity contribution >= 4 is 16.5 Å². The van der Waals surface area contributed by atoms with Crippen molar-refractivity contribution in [3.05, 3.63) is 11.1 Å². The average Bonchev–Trinajstić information content (AvgIpc) is 2.76. The molecule has 0 amide bonds. The van der Waals surface area contributed by atoms with Crippen LogP contribution >= 0.6 is 11.3 Å². The molecule has 0 spiro atoms. The van der Waals surface area contributed by atoms with E-state index in [4.69, 9.17) is 10.5 Å². The summed E-state index contributed by atoms with van der Waals surface area (Å²) in [4.78, 5) is 4.24.